The van der Waals surface area contributed by atoms with Crippen molar-refractivity contribution in [2.45, 2.75) is 24.7 Å². The molecule has 1 unspecified atom stereocenters. The molecule has 4 aromatic rings. The molecule has 1 amide bonds. The van der Waals surface area contributed by atoms with Crippen LogP contribution in [0, 0.1) is 5.92 Å². The SMILES string of the molecule is CCOc1cc(S(C)=O)cnc1Nc1n[nH]c2ccccc12.O=C(Nc1ccc(Cl)cc1)C1CC1. The molecule has 2 aromatic carbocycles. The Kier molecular flexibility index (Phi) is 7.99. The number of hydrogen-bond acceptors (Lipinski definition) is 6. The number of amides is 1. The van der Waals surface area contributed by atoms with Crippen molar-refractivity contribution in [3.05, 3.63) is 65.8 Å². The van der Waals surface area contributed by atoms with Crippen molar-refractivity contribution in [3.8, 4) is 5.75 Å². The van der Waals surface area contributed by atoms with Gasteiger partial charge in [-0.2, -0.15) is 5.10 Å². The van der Waals surface area contributed by atoms with Crippen molar-refractivity contribution in [1.82, 2.24) is 15.2 Å². The number of hydrogen-bond donors (Lipinski definition) is 3. The maximum absolute atomic E-state index is 11.6. The minimum atomic E-state index is -1.10. The second kappa shape index (κ2) is 11.3. The van der Waals surface area contributed by atoms with E-state index in [4.69, 9.17) is 16.3 Å². The summed E-state index contributed by atoms with van der Waals surface area (Å²) < 4.78 is 17.2. The molecule has 8 nitrogen and oxygen atoms in total. The highest BCUT2D eigenvalue weighted by atomic mass is 35.5. The molecule has 2 aromatic heterocycles. The number of pyridine rings is 1. The van der Waals surface area contributed by atoms with Crippen LogP contribution in [0.3, 0.4) is 0 Å². The highest BCUT2D eigenvalue weighted by Crippen LogP contribution is 2.31. The molecule has 0 saturated heterocycles. The monoisotopic (exact) mass is 511 g/mol. The Bertz CT molecular complexity index is 1340. The summed E-state index contributed by atoms with van der Waals surface area (Å²) in [7, 11) is -1.10. The van der Waals surface area contributed by atoms with E-state index in [0.29, 0.717) is 33.9 Å². The lowest BCUT2D eigenvalue weighted by Crippen LogP contribution is -2.12. The van der Waals surface area contributed by atoms with Gasteiger partial charge in [0.2, 0.25) is 5.91 Å². The van der Waals surface area contributed by atoms with Gasteiger partial charge < -0.3 is 15.4 Å². The van der Waals surface area contributed by atoms with Crippen LogP contribution in [0.15, 0.2) is 65.7 Å². The number of carbonyl (C=O) groups is 1. The molecule has 35 heavy (non-hydrogen) atoms. The fourth-order valence-corrected chi connectivity index (χ4v) is 3.84. The molecule has 1 atom stereocenters. The Balaban J connectivity index is 0.000000189. The van der Waals surface area contributed by atoms with E-state index in [1.54, 1.807) is 30.7 Å². The van der Waals surface area contributed by atoms with Crippen LogP contribution in [0.5, 0.6) is 5.75 Å². The summed E-state index contributed by atoms with van der Waals surface area (Å²) in [5.41, 5.74) is 1.76. The first kappa shape index (κ1) is 24.7. The molecule has 0 bridgehead atoms. The first-order valence-corrected chi connectivity index (χ1v) is 13.1. The van der Waals surface area contributed by atoms with Crippen LogP contribution in [-0.4, -0.2) is 38.2 Å². The van der Waals surface area contributed by atoms with E-state index in [1.807, 2.05) is 43.3 Å². The molecule has 1 aliphatic rings. The molecular weight excluding hydrogens is 486 g/mol. The average molecular weight is 512 g/mol. The van der Waals surface area contributed by atoms with Gasteiger partial charge in [0.25, 0.3) is 0 Å². The van der Waals surface area contributed by atoms with Crippen LogP contribution >= 0.6 is 11.6 Å². The van der Waals surface area contributed by atoms with Gasteiger partial charge in [-0.15, -0.1) is 0 Å². The van der Waals surface area contributed by atoms with Crippen LogP contribution < -0.4 is 15.4 Å². The third-order valence-corrected chi connectivity index (χ3v) is 6.37. The fraction of sp³-hybridized carbons (Fsp3) is 0.240. The molecule has 2 heterocycles. The lowest BCUT2D eigenvalue weighted by molar-refractivity contribution is -0.117. The lowest BCUT2D eigenvalue weighted by atomic mass is 10.2. The minimum Gasteiger partial charge on any atom is -0.490 e. The van der Waals surface area contributed by atoms with E-state index in [1.165, 1.54) is 0 Å². The van der Waals surface area contributed by atoms with Gasteiger partial charge in [-0.1, -0.05) is 23.7 Å². The summed E-state index contributed by atoms with van der Waals surface area (Å²) in [6, 6.07) is 16.7. The number of aromatic amines is 1. The third-order valence-electron chi connectivity index (χ3n) is 5.23. The number of aromatic nitrogens is 3. The second-order valence-corrected chi connectivity index (χ2v) is 9.73. The van der Waals surface area contributed by atoms with E-state index < -0.39 is 10.8 Å². The summed E-state index contributed by atoms with van der Waals surface area (Å²) in [5, 5.41) is 14.9. The number of para-hydroxylation sites is 1. The number of nitrogens with zero attached hydrogens (tertiary/aromatic N) is 2. The number of rotatable bonds is 7. The Morgan fingerprint density at radius 1 is 1.17 bits per heavy atom. The normalized spacial score (nSPS) is 13.5. The second-order valence-electron chi connectivity index (χ2n) is 7.92. The highest BCUT2D eigenvalue weighted by Gasteiger charge is 2.29. The van der Waals surface area contributed by atoms with Gasteiger partial charge in [0.15, 0.2) is 17.4 Å². The largest absolute Gasteiger partial charge is 0.490 e. The molecule has 0 aliphatic heterocycles. The van der Waals surface area contributed by atoms with Gasteiger partial charge in [0.1, 0.15) is 0 Å². The molecule has 5 rings (SSSR count). The summed E-state index contributed by atoms with van der Waals surface area (Å²) in [5.74, 6) is 2.16. The number of benzene rings is 2. The summed E-state index contributed by atoms with van der Waals surface area (Å²) in [6.07, 6.45) is 5.25. The Morgan fingerprint density at radius 2 is 1.91 bits per heavy atom. The maximum Gasteiger partial charge on any atom is 0.227 e. The number of halogens is 1. The first-order valence-electron chi connectivity index (χ1n) is 11.2. The molecule has 1 saturated carbocycles. The number of carbonyl (C=O) groups excluding carboxylic acids is 1. The van der Waals surface area contributed by atoms with Crippen LogP contribution in [0.25, 0.3) is 10.9 Å². The molecule has 1 fully saturated rings. The van der Waals surface area contributed by atoms with Crippen molar-refractivity contribution >= 4 is 56.5 Å². The van der Waals surface area contributed by atoms with Gasteiger partial charge in [-0.3, -0.25) is 14.1 Å². The van der Waals surface area contributed by atoms with Crippen LogP contribution in [0.1, 0.15) is 19.8 Å². The molecular formula is C25H26ClN5O3S. The molecule has 182 valence electrons. The predicted octanol–water partition coefficient (Wildman–Crippen LogP) is 5.53. The van der Waals surface area contributed by atoms with Gasteiger partial charge in [-0.05, 0) is 56.2 Å². The fourth-order valence-electron chi connectivity index (χ4n) is 3.24. The number of ether oxygens (including phenoxy) is 1. The minimum absolute atomic E-state index is 0.127. The van der Waals surface area contributed by atoms with Crippen LogP contribution in [0.4, 0.5) is 17.3 Å². The van der Waals surface area contributed by atoms with E-state index in [2.05, 4.69) is 25.8 Å². The third kappa shape index (κ3) is 6.58. The summed E-state index contributed by atoms with van der Waals surface area (Å²) >= 11 is 5.71. The molecule has 3 N–H and O–H groups in total. The Morgan fingerprint density at radius 3 is 2.60 bits per heavy atom. The van der Waals surface area contributed by atoms with Gasteiger partial charge in [0, 0.05) is 40.5 Å². The van der Waals surface area contributed by atoms with Gasteiger partial charge in [-0.25, -0.2) is 4.98 Å². The van der Waals surface area contributed by atoms with E-state index >= 15 is 0 Å². The standard InChI is InChI=1S/C15H16N4O2S.C10H10ClNO/c1-3-21-13-8-10(22(2)20)9-16-15(13)17-14-11-6-4-5-7-12(11)18-19-14;11-8-3-5-9(6-4-8)12-10(13)7-1-2-7/h4-9H,3H2,1-2H3,(H2,16,17,18,19);3-7H,1-2H2,(H,12,13). The van der Waals surface area contributed by atoms with Crippen molar-refractivity contribution in [3.63, 3.8) is 0 Å². The topological polar surface area (TPSA) is 109 Å². The quantitative estimate of drug-likeness (QED) is 0.301. The number of anilines is 3. The Hall–Kier alpha value is -3.43. The van der Waals surface area contributed by atoms with Crippen molar-refractivity contribution in [2.24, 2.45) is 5.92 Å². The zero-order valence-electron chi connectivity index (χ0n) is 19.4. The maximum atomic E-state index is 11.6. The van der Waals surface area contributed by atoms with E-state index in [-0.39, 0.29) is 11.8 Å². The van der Waals surface area contributed by atoms with Gasteiger partial charge in [0.05, 0.1) is 27.8 Å². The van der Waals surface area contributed by atoms with Gasteiger partial charge >= 0.3 is 0 Å². The zero-order valence-corrected chi connectivity index (χ0v) is 20.9. The zero-order chi connectivity index (χ0) is 24.8. The lowest BCUT2D eigenvalue weighted by Gasteiger charge is -2.11. The first-order chi connectivity index (χ1) is 16.9. The van der Waals surface area contributed by atoms with Crippen LogP contribution in [0.2, 0.25) is 5.02 Å². The van der Waals surface area contributed by atoms with E-state index in [9.17, 15) is 9.00 Å². The van der Waals surface area contributed by atoms with Crippen LogP contribution in [-0.2, 0) is 15.6 Å². The summed E-state index contributed by atoms with van der Waals surface area (Å²) in [6.45, 7) is 2.39. The van der Waals surface area contributed by atoms with Crippen molar-refractivity contribution < 1.29 is 13.7 Å². The van der Waals surface area contributed by atoms with Crippen molar-refractivity contribution in [2.75, 3.05) is 23.5 Å². The Labute approximate surface area is 210 Å². The number of fused-ring (bicyclic) bond motifs is 1. The molecule has 0 spiro atoms. The molecule has 10 heteroatoms. The smallest absolute Gasteiger partial charge is 0.227 e. The predicted molar refractivity (Wildman–Crippen MR) is 140 cm³/mol. The van der Waals surface area contributed by atoms with Crippen molar-refractivity contribution in [1.29, 1.82) is 0 Å². The number of H-pyrrole nitrogens is 1. The summed E-state index contributed by atoms with van der Waals surface area (Å²) in [4.78, 5) is 16.3. The average Bonchev–Trinajstić information content (AvgIpc) is 3.64. The van der Waals surface area contributed by atoms with E-state index in [0.717, 1.165) is 29.4 Å². The number of nitrogens with one attached hydrogen (secondary N) is 3. The molecule has 0 radical (unpaired) electrons. The highest BCUT2D eigenvalue weighted by molar-refractivity contribution is 7.84. The molecule has 1 aliphatic carbocycles.